The molecule has 0 spiro atoms. The first-order valence-corrected chi connectivity index (χ1v) is 8.48. The van der Waals surface area contributed by atoms with Crippen LogP contribution in [0.5, 0.6) is 0 Å². The van der Waals surface area contributed by atoms with Gasteiger partial charge in [-0.25, -0.2) is 0 Å². The van der Waals surface area contributed by atoms with Crippen LogP contribution < -0.4 is 5.32 Å². The Morgan fingerprint density at radius 1 is 1.45 bits per heavy atom. The van der Waals surface area contributed by atoms with Crippen molar-refractivity contribution in [3.63, 3.8) is 0 Å². The van der Waals surface area contributed by atoms with Gasteiger partial charge in [-0.3, -0.25) is 4.79 Å². The molecule has 1 aliphatic rings. The first kappa shape index (κ1) is 15.4. The van der Waals surface area contributed by atoms with Crippen molar-refractivity contribution in [1.82, 2.24) is 5.32 Å². The van der Waals surface area contributed by atoms with Crippen molar-refractivity contribution in [2.45, 2.75) is 37.7 Å². The van der Waals surface area contributed by atoms with E-state index in [4.69, 9.17) is 4.74 Å². The van der Waals surface area contributed by atoms with Gasteiger partial charge in [0.2, 0.25) is 0 Å². The number of hydrogen-bond donors (Lipinski definition) is 1. The predicted octanol–water partition coefficient (Wildman–Crippen LogP) is 2.85. The number of esters is 1. The number of benzene rings is 1. The molecule has 1 fully saturated rings. The Bertz CT molecular complexity index is 418. The maximum absolute atomic E-state index is 12.2. The molecule has 2 rings (SSSR count). The van der Waals surface area contributed by atoms with E-state index >= 15 is 0 Å². The molecule has 3 nitrogen and oxygen atoms in total. The average molecular weight is 293 g/mol. The molecule has 1 N–H and O–H groups in total. The molecule has 0 bridgehead atoms. The second-order valence-corrected chi connectivity index (χ2v) is 6.30. The highest BCUT2D eigenvalue weighted by atomic mass is 32.2. The summed E-state index contributed by atoms with van der Waals surface area (Å²) in [7, 11) is 0. The Hall–Kier alpha value is -1.00. The van der Waals surface area contributed by atoms with E-state index in [0.717, 1.165) is 18.5 Å². The normalized spacial score (nSPS) is 21.4. The van der Waals surface area contributed by atoms with Crippen molar-refractivity contribution in [3.8, 4) is 0 Å². The quantitative estimate of drug-likeness (QED) is 0.819. The molecular formula is C16H23NO2S. The second-order valence-electron chi connectivity index (χ2n) is 5.29. The SMILES string of the molecule is CSC(C(C)C(=O)OCc1ccccc1)[C@@H]1CCCN1. The van der Waals surface area contributed by atoms with E-state index in [-0.39, 0.29) is 11.9 Å². The van der Waals surface area contributed by atoms with Gasteiger partial charge < -0.3 is 10.1 Å². The number of ether oxygens (including phenoxy) is 1. The van der Waals surface area contributed by atoms with E-state index in [1.165, 1.54) is 6.42 Å². The summed E-state index contributed by atoms with van der Waals surface area (Å²) < 4.78 is 5.45. The first-order chi connectivity index (χ1) is 9.72. The molecule has 1 aromatic carbocycles. The molecule has 1 heterocycles. The van der Waals surface area contributed by atoms with Gasteiger partial charge in [-0.05, 0) is 31.2 Å². The molecular weight excluding hydrogens is 270 g/mol. The Labute approximate surface area is 125 Å². The number of carbonyl (C=O) groups is 1. The molecule has 110 valence electrons. The van der Waals surface area contributed by atoms with E-state index in [0.29, 0.717) is 17.9 Å². The molecule has 0 saturated carbocycles. The van der Waals surface area contributed by atoms with Crippen molar-refractivity contribution in [1.29, 1.82) is 0 Å². The maximum atomic E-state index is 12.2. The highest BCUT2D eigenvalue weighted by Gasteiger charge is 2.33. The fourth-order valence-electron chi connectivity index (χ4n) is 2.70. The van der Waals surface area contributed by atoms with Crippen LogP contribution in [-0.2, 0) is 16.1 Å². The number of hydrogen-bond acceptors (Lipinski definition) is 4. The zero-order chi connectivity index (χ0) is 14.4. The topological polar surface area (TPSA) is 38.3 Å². The summed E-state index contributed by atoms with van der Waals surface area (Å²) in [6, 6.07) is 10.3. The van der Waals surface area contributed by atoms with E-state index in [9.17, 15) is 4.79 Å². The monoisotopic (exact) mass is 293 g/mol. The Balaban J connectivity index is 1.86. The van der Waals surface area contributed by atoms with Gasteiger partial charge >= 0.3 is 5.97 Å². The van der Waals surface area contributed by atoms with Gasteiger partial charge in [-0.15, -0.1) is 0 Å². The van der Waals surface area contributed by atoms with Crippen LogP contribution in [0.25, 0.3) is 0 Å². The van der Waals surface area contributed by atoms with Gasteiger partial charge in [0.05, 0.1) is 5.92 Å². The van der Waals surface area contributed by atoms with Gasteiger partial charge in [0.25, 0.3) is 0 Å². The molecule has 1 saturated heterocycles. The Kier molecular flexibility index (Phi) is 5.92. The molecule has 0 radical (unpaired) electrons. The Morgan fingerprint density at radius 3 is 2.80 bits per heavy atom. The number of thioether (sulfide) groups is 1. The molecule has 1 aliphatic heterocycles. The van der Waals surface area contributed by atoms with Crippen LogP contribution in [0.1, 0.15) is 25.3 Å². The lowest BCUT2D eigenvalue weighted by Gasteiger charge is -2.26. The van der Waals surface area contributed by atoms with Crippen molar-refractivity contribution in [2.24, 2.45) is 5.92 Å². The summed E-state index contributed by atoms with van der Waals surface area (Å²) in [5, 5.41) is 3.78. The zero-order valence-electron chi connectivity index (χ0n) is 12.2. The molecule has 0 amide bonds. The standard InChI is InChI=1S/C16H23NO2S/c1-12(15(20-2)14-9-6-10-17-14)16(18)19-11-13-7-4-3-5-8-13/h3-5,7-8,12,14-15,17H,6,9-11H2,1-2H3/t12?,14-,15?/m0/s1. The molecule has 1 aromatic rings. The molecule has 20 heavy (non-hydrogen) atoms. The van der Waals surface area contributed by atoms with Crippen LogP contribution in [0, 0.1) is 5.92 Å². The Morgan fingerprint density at radius 2 is 2.20 bits per heavy atom. The highest BCUT2D eigenvalue weighted by molar-refractivity contribution is 7.99. The van der Waals surface area contributed by atoms with E-state index < -0.39 is 0 Å². The lowest BCUT2D eigenvalue weighted by Crippen LogP contribution is -2.40. The van der Waals surface area contributed by atoms with Gasteiger partial charge in [-0.2, -0.15) is 11.8 Å². The van der Waals surface area contributed by atoms with Gasteiger partial charge in [0.15, 0.2) is 0 Å². The van der Waals surface area contributed by atoms with Crippen molar-refractivity contribution in [2.75, 3.05) is 12.8 Å². The third-order valence-electron chi connectivity index (χ3n) is 3.86. The van der Waals surface area contributed by atoms with E-state index in [1.807, 2.05) is 37.3 Å². The number of rotatable bonds is 6. The minimum atomic E-state index is -0.0955. The van der Waals surface area contributed by atoms with E-state index in [1.54, 1.807) is 11.8 Å². The third-order valence-corrected chi connectivity index (χ3v) is 5.14. The minimum absolute atomic E-state index is 0.0793. The van der Waals surface area contributed by atoms with Gasteiger partial charge in [0, 0.05) is 11.3 Å². The maximum Gasteiger partial charge on any atom is 0.310 e. The summed E-state index contributed by atoms with van der Waals surface area (Å²) in [5.41, 5.74) is 1.03. The lowest BCUT2D eigenvalue weighted by molar-refractivity contribution is -0.149. The summed E-state index contributed by atoms with van der Waals surface area (Å²) in [6.07, 6.45) is 4.43. The van der Waals surface area contributed by atoms with Crippen molar-refractivity contribution in [3.05, 3.63) is 35.9 Å². The molecule has 3 atom stereocenters. The van der Waals surface area contributed by atoms with Crippen molar-refractivity contribution < 1.29 is 9.53 Å². The lowest BCUT2D eigenvalue weighted by atomic mass is 10.00. The van der Waals surface area contributed by atoms with Gasteiger partial charge in [-0.1, -0.05) is 37.3 Å². The van der Waals surface area contributed by atoms with Crippen LogP contribution in [0.4, 0.5) is 0 Å². The van der Waals surface area contributed by atoms with E-state index in [2.05, 4.69) is 11.6 Å². The first-order valence-electron chi connectivity index (χ1n) is 7.19. The smallest absolute Gasteiger partial charge is 0.310 e. The summed E-state index contributed by atoms with van der Waals surface area (Å²) in [6.45, 7) is 3.41. The highest BCUT2D eigenvalue weighted by Crippen LogP contribution is 2.26. The second kappa shape index (κ2) is 7.70. The minimum Gasteiger partial charge on any atom is -0.461 e. The summed E-state index contributed by atoms with van der Waals surface area (Å²) in [5.74, 6) is -0.175. The summed E-state index contributed by atoms with van der Waals surface area (Å²) >= 11 is 1.76. The molecule has 2 unspecified atom stereocenters. The third kappa shape index (κ3) is 4.00. The fourth-order valence-corrected chi connectivity index (χ4v) is 3.78. The van der Waals surface area contributed by atoms with Crippen LogP contribution in [0.3, 0.4) is 0 Å². The molecule has 0 aliphatic carbocycles. The fraction of sp³-hybridized carbons (Fsp3) is 0.562. The molecule has 4 heteroatoms. The van der Waals surface area contributed by atoms with Crippen LogP contribution in [-0.4, -0.2) is 30.1 Å². The predicted molar refractivity (Wildman–Crippen MR) is 83.7 cm³/mol. The van der Waals surface area contributed by atoms with Crippen LogP contribution in [0.2, 0.25) is 0 Å². The summed E-state index contributed by atoms with van der Waals surface area (Å²) in [4.78, 5) is 12.2. The largest absolute Gasteiger partial charge is 0.461 e. The van der Waals surface area contributed by atoms with Crippen LogP contribution in [0.15, 0.2) is 30.3 Å². The number of carbonyl (C=O) groups excluding carboxylic acids is 1. The van der Waals surface area contributed by atoms with Crippen LogP contribution >= 0.6 is 11.8 Å². The average Bonchev–Trinajstić information content (AvgIpc) is 3.00. The zero-order valence-corrected chi connectivity index (χ0v) is 13.0. The number of nitrogens with one attached hydrogen (secondary N) is 1. The molecule has 0 aromatic heterocycles. The van der Waals surface area contributed by atoms with Crippen molar-refractivity contribution >= 4 is 17.7 Å². The van der Waals surface area contributed by atoms with Gasteiger partial charge in [0.1, 0.15) is 6.61 Å².